The number of carbonyl (C=O) groups excluding carboxylic acids is 3. The molecular weight excluding hydrogens is 443 g/mol. The minimum absolute atomic E-state index is 0.0213. The molecule has 0 aliphatic heterocycles. The van der Waals surface area contributed by atoms with Crippen molar-refractivity contribution in [2.75, 3.05) is 17.2 Å². The van der Waals surface area contributed by atoms with Gasteiger partial charge in [-0.05, 0) is 31.2 Å². The number of hydrogen-bond acceptors (Lipinski definition) is 6. The Morgan fingerprint density at radius 1 is 0.971 bits per heavy atom. The first-order valence-corrected chi connectivity index (χ1v) is 10.2. The lowest BCUT2D eigenvalue weighted by Gasteiger charge is -2.10. The number of aryl methyl sites for hydroxylation is 1. The van der Waals surface area contributed by atoms with Crippen molar-refractivity contribution < 1.29 is 27.7 Å². The molecule has 0 spiro atoms. The van der Waals surface area contributed by atoms with E-state index in [1.54, 1.807) is 6.92 Å². The molecule has 2 aromatic heterocycles. The molecule has 0 radical (unpaired) electrons. The number of hydrogen-bond donors (Lipinski definition) is 3. The van der Waals surface area contributed by atoms with Gasteiger partial charge in [-0.2, -0.15) is 0 Å². The number of amides is 3. The monoisotopic (exact) mass is 462 g/mol. The van der Waals surface area contributed by atoms with Crippen molar-refractivity contribution in [3.05, 3.63) is 89.8 Å². The van der Waals surface area contributed by atoms with Crippen LogP contribution in [0, 0.1) is 12.7 Å². The molecular formula is C24H19FN4O5. The summed E-state index contributed by atoms with van der Waals surface area (Å²) in [6, 6.07) is 15.8. The highest BCUT2D eigenvalue weighted by atomic mass is 19.1. The quantitative estimate of drug-likeness (QED) is 0.381. The van der Waals surface area contributed by atoms with E-state index in [2.05, 4.69) is 21.1 Å². The van der Waals surface area contributed by atoms with Gasteiger partial charge in [0.1, 0.15) is 11.6 Å². The van der Waals surface area contributed by atoms with Gasteiger partial charge in [-0.15, -0.1) is 0 Å². The van der Waals surface area contributed by atoms with E-state index in [4.69, 9.17) is 8.94 Å². The average Bonchev–Trinajstić information content (AvgIpc) is 3.50. The Labute approximate surface area is 192 Å². The Bertz CT molecular complexity index is 1350. The van der Waals surface area contributed by atoms with E-state index >= 15 is 0 Å². The van der Waals surface area contributed by atoms with E-state index in [0.717, 1.165) is 11.6 Å². The molecule has 4 aromatic rings. The Morgan fingerprint density at radius 2 is 1.76 bits per heavy atom. The Hall–Kier alpha value is -4.73. The molecule has 0 aliphatic rings. The summed E-state index contributed by atoms with van der Waals surface area (Å²) < 4.78 is 24.4. The third-order valence-electron chi connectivity index (χ3n) is 4.81. The maximum Gasteiger partial charge on any atom is 0.273 e. The summed E-state index contributed by atoms with van der Waals surface area (Å²) >= 11 is 0. The third-order valence-corrected chi connectivity index (χ3v) is 4.81. The first-order chi connectivity index (χ1) is 16.4. The molecule has 0 saturated heterocycles. The zero-order valence-corrected chi connectivity index (χ0v) is 17.9. The van der Waals surface area contributed by atoms with Gasteiger partial charge in [0.15, 0.2) is 11.5 Å². The van der Waals surface area contributed by atoms with Crippen molar-refractivity contribution in [2.24, 2.45) is 0 Å². The van der Waals surface area contributed by atoms with Crippen molar-refractivity contribution in [3.8, 4) is 11.3 Å². The molecule has 0 unspecified atom stereocenters. The first kappa shape index (κ1) is 22.5. The number of halogens is 1. The van der Waals surface area contributed by atoms with Crippen LogP contribution < -0.4 is 16.0 Å². The summed E-state index contributed by atoms with van der Waals surface area (Å²) in [5, 5.41) is 11.1. The molecule has 10 heteroatoms. The maximum absolute atomic E-state index is 14.2. The van der Waals surface area contributed by atoms with Crippen molar-refractivity contribution in [1.29, 1.82) is 0 Å². The lowest BCUT2D eigenvalue weighted by Crippen LogP contribution is -2.33. The molecule has 0 aliphatic carbocycles. The minimum atomic E-state index is -0.680. The Morgan fingerprint density at radius 3 is 2.50 bits per heavy atom. The molecule has 3 amide bonds. The smallest absolute Gasteiger partial charge is 0.273 e. The van der Waals surface area contributed by atoms with Gasteiger partial charge in [0.05, 0.1) is 24.1 Å². The van der Waals surface area contributed by atoms with Gasteiger partial charge in [0, 0.05) is 17.3 Å². The number of nitrogens with one attached hydrogen (secondary N) is 3. The van der Waals surface area contributed by atoms with Gasteiger partial charge in [-0.1, -0.05) is 35.5 Å². The fourth-order valence-electron chi connectivity index (χ4n) is 3.09. The maximum atomic E-state index is 14.2. The topological polar surface area (TPSA) is 126 Å². The summed E-state index contributed by atoms with van der Waals surface area (Å²) in [6.07, 6.45) is 1.35. The fraction of sp³-hybridized carbons (Fsp3) is 0.0833. The summed E-state index contributed by atoms with van der Waals surface area (Å²) in [6.45, 7) is 1.25. The fourth-order valence-corrected chi connectivity index (χ4v) is 3.09. The minimum Gasteiger partial charge on any atom is -0.469 e. The first-order valence-electron chi connectivity index (χ1n) is 10.2. The van der Waals surface area contributed by atoms with Crippen LogP contribution in [-0.2, 0) is 4.79 Å². The van der Waals surface area contributed by atoms with Crippen LogP contribution in [0.4, 0.5) is 15.8 Å². The van der Waals surface area contributed by atoms with Crippen LogP contribution in [-0.4, -0.2) is 29.4 Å². The van der Waals surface area contributed by atoms with E-state index in [-0.39, 0.29) is 29.2 Å². The highest BCUT2D eigenvalue weighted by Gasteiger charge is 2.16. The number of rotatable bonds is 7. The highest BCUT2D eigenvalue weighted by Crippen LogP contribution is 2.22. The van der Waals surface area contributed by atoms with Crippen LogP contribution >= 0.6 is 0 Å². The zero-order chi connectivity index (χ0) is 24.1. The van der Waals surface area contributed by atoms with Gasteiger partial charge in [-0.25, -0.2) is 4.39 Å². The molecule has 34 heavy (non-hydrogen) atoms. The van der Waals surface area contributed by atoms with Crippen LogP contribution in [0.3, 0.4) is 0 Å². The predicted octanol–water partition coefficient (Wildman–Crippen LogP) is 4.00. The van der Waals surface area contributed by atoms with E-state index in [1.165, 1.54) is 30.5 Å². The van der Waals surface area contributed by atoms with Crippen molar-refractivity contribution in [1.82, 2.24) is 10.5 Å². The molecule has 0 saturated carbocycles. The number of aromatic nitrogens is 1. The lowest BCUT2D eigenvalue weighted by molar-refractivity contribution is -0.115. The molecule has 0 atom stereocenters. The summed E-state index contributed by atoms with van der Waals surface area (Å²) in [4.78, 5) is 36.8. The number of anilines is 2. The highest BCUT2D eigenvalue weighted by molar-refractivity contribution is 6.05. The number of furan rings is 1. The van der Waals surface area contributed by atoms with Crippen LogP contribution in [0.15, 0.2) is 75.9 Å². The van der Waals surface area contributed by atoms with Crippen LogP contribution in [0.25, 0.3) is 11.3 Å². The van der Waals surface area contributed by atoms with Crippen molar-refractivity contribution in [2.45, 2.75) is 6.92 Å². The van der Waals surface area contributed by atoms with E-state index in [0.29, 0.717) is 11.5 Å². The number of nitrogens with zero attached hydrogens (tertiary/aromatic N) is 1. The standard InChI is InChI=1S/C24H19FN4O5/c1-14-17(9-10-33-14)23(31)28-19-11-16(7-8-18(19)25)27-22(30)13-26-24(32)20-12-21(34-29-20)15-5-3-2-4-6-15/h2-12H,13H2,1H3,(H,26,32)(H,27,30)(H,28,31). The second kappa shape index (κ2) is 9.82. The molecule has 2 heterocycles. The van der Waals surface area contributed by atoms with E-state index < -0.39 is 23.5 Å². The van der Waals surface area contributed by atoms with Gasteiger partial charge >= 0.3 is 0 Å². The SMILES string of the molecule is Cc1occc1C(=O)Nc1cc(NC(=O)CNC(=O)c2cc(-c3ccccc3)on2)ccc1F. The van der Waals surface area contributed by atoms with Crippen LogP contribution in [0.1, 0.15) is 26.6 Å². The number of carbonyl (C=O) groups is 3. The molecule has 9 nitrogen and oxygen atoms in total. The molecule has 3 N–H and O–H groups in total. The Balaban J connectivity index is 1.34. The van der Waals surface area contributed by atoms with Gasteiger partial charge in [0.2, 0.25) is 5.91 Å². The average molecular weight is 462 g/mol. The molecule has 4 rings (SSSR count). The summed E-state index contributed by atoms with van der Waals surface area (Å²) in [7, 11) is 0. The third kappa shape index (κ3) is 5.18. The van der Waals surface area contributed by atoms with Gasteiger partial charge < -0.3 is 24.9 Å². The molecule has 2 aromatic carbocycles. The number of benzene rings is 2. The van der Waals surface area contributed by atoms with Crippen LogP contribution in [0.2, 0.25) is 0 Å². The van der Waals surface area contributed by atoms with Crippen LogP contribution in [0.5, 0.6) is 0 Å². The lowest BCUT2D eigenvalue weighted by atomic mass is 10.1. The molecule has 0 bridgehead atoms. The van der Waals surface area contributed by atoms with E-state index in [9.17, 15) is 18.8 Å². The normalized spacial score (nSPS) is 10.5. The van der Waals surface area contributed by atoms with E-state index in [1.807, 2.05) is 30.3 Å². The molecule has 0 fully saturated rings. The second-order valence-electron chi connectivity index (χ2n) is 7.21. The largest absolute Gasteiger partial charge is 0.469 e. The Kier molecular flexibility index (Phi) is 6.49. The van der Waals surface area contributed by atoms with Crippen molar-refractivity contribution in [3.63, 3.8) is 0 Å². The predicted molar refractivity (Wildman–Crippen MR) is 121 cm³/mol. The second-order valence-corrected chi connectivity index (χ2v) is 7.21. The summed E-state index contributed by atoms with van der Waals surface area (Å²) in [5.74, 6) is -1.58. The zero-order valence-electron chi connectivity index (χ0n) is 17.9. The summed E-state index contributed by atoms with van der Waals surface area (Å²) in [5.41, 5.74) is 1.15. The molecule has 172 valence electrons. The van der Waals surface area contributed by atoms with Crippen molar-refractivity contribution >= 4 is 29.1 Å². The van der Waals surface area contributed by atoms with Gasteiger partial charge in [0.25, 0.3) is 11.8 Å². The van der Waals surface area contributed by atoms with Gasteiger partial charge in [-0.3, -0.25) is 14.4 Å².